The predicted molar refractivity (Wildman–Crippen MR) is 65.0 cm³/mol. The van der Waals surface area contributed by atoms with Crippen LogP contribution < -0.4 is 5.32 Å². The minimum Gasteiger partial charge on any atom is -0.343 e. The molecule has 0 spiro atoms. The smallest absolute Gasteiger partial charge is 0.282 e. The first-order chi connectivity index (χ1) is 8.16. The van der Waals surface area contributed by atoms with Crippen molar-refractivity contribution in [3.63, 3.8) is 0 Å². The summed E-state index contributed by atoms with van der Waals surface area (Å²) in [5.41, 5.74) is 0.927. The molecule has 0 aliphatic heterocycles. The summed E-state index contributed by atoms with van der Waals surface area (Å²) in [6.07, 6.45) is 3.39. The summed E-state index contributed by atoms with van der Waals surface area (Å²) in [5, 5.41) is 10.3. The lowest BCUT2D eigenvalue weighted by Gasteiger charge is -2.12. The first kappa shape index (κ1) is 11.9. The number of rotatable bonds is 3. The van der Waals surface area contributed by atoms with Crippen LogP contribution in [0, 0.1) is 0 Å². The van der Waals surface area contributed by atoms with Crippen LogP contribution in [0.15, 0.2) is 24.5 Å². The van der Waals surface area contributed by atoms with Crippen LogP contribution in [0.2, 0.25) is 4.47 Å². The Morgan fingerprint density at radius 3 is 2.94 bits per heavy atom. The highest BCUT2D eigenvalue weighted by Gasteiger charge is 2.15. The van der Waals surface area contributed by atoms with Gasteiger partial charge in [0.1, 0.15) is 0 Å². The van der Waals surface area contributed by atoms with Gasteiger partial charge in [-0.05, 0) is 30.2 Å². The lowest BCUT2D eigenvalue weighted by Crippen LogP contribution is -2.26. The van der Waals surface area contributed by atoms with E-state index in [4.69, 9.17) is 11.6 Å². The molecule has 0 aliphatic carbocycles. The van der Waals surface area contributed by atoms with Gasteiger partial charge in [-0.15, -0.1) is 10.2 Å². The summed E-state index contributed by atoms with van der Waals surface area (Å²) in [6.45, 7) is 1.87. The molecule has 2 heterocycles. The summed E-state index contributed by atoms with van der Waals surface area (Å²) in [6, 6.07) is 3.57. The Bertz CT molecular complexity index is 516. The summed E-state index contributed by atoms with van der Waals surface area (Å²) in [7, 11) is 0. The van der Waals surface area contributed by atoms with E-state index in [2.05, 4.69) is 20.5 Å². The van der Waals surface area contributed by atoms with Gasteiger partial charge in [-0.2, -0.15) is 0 Å². The van der Waals surface area contributed by atoms with E-state index in [9.17, 15) is 4.79 Å². The summed E-state index contributed by atoms with van der Waals surface area (Å²) in [5.74, 6) is -0.286. The predicted octanol–water partition coefficient (Wildman–Crippen LogP) is 2.08. The molecule has 7 heteroatoms. The maximum atomic E-state index is 11.8. The Hall–Kier alpha value is -1.53. The number of pyridine rings is 1. The van der Waals surface area contributed by atoms with Crippen molar-refractivity contribution in [1.82, 2.24) is 20.5 Å². The van der Waals surface area contributed by atoms with E-state index in [1.165, 1.54) is 0 Å². The second-order valence-electron chi connectivity index (χ2n) is 3.34. The van der Waals surface area contributed by atoms with Gasteiger partial charge in [-0.1, -0.05) is 17.4 Å². The molecule has 0 bridgehead atoms. The zero-order valence-electron chi connectivity index (χ0n) is 8.92. The maximum Gasteiger partial charge on any atom is 0.282 e. The van der Waals surface area contributed by atoms with Crippen LogP contribution in [0.5, 0.6) is 0 Å². The van der Waals surface area contributed by atoms with Crippen molar-refractivity contribution in [3.8, 4) is 0 Å². The van der Waals surface area contributed by atoms with Crippen molar-refractivity contribution in [3.05, 3.63) is 39.6 Å². The molecule has 2 rings (SSSR count). The zero-order valence-corrected chi connectivity index (χ0v) is 10.5. The summed E-state index contributed by atoms with van der Waals surface area (Å²) >= 11 is 6.66. The fourth-order valence-corrected chi connectivity index (χ4v) is 2.00. The molecule has 1 amide bonds. The number of aromatic nitrogens is 3. The van der Waals surface area contributed by atoms with Gasteiger partial charge in [-0.25, -0.2) is 0 Å². The maximum absolute atomic E-state index is 11.8. The van der Waals surface area contributed by atoms with Crippen molar-refractivity contribution in [2.45, 2.75) is 13.0 Å². The van der Waals surface area contributed by atoms with Crippen LogP contribution in [0.25, 0.3) is 0 Å². The lowest BCUT2D eigenvalue weighted by atomic mass is 10.1. The molecule has 0 fully saturated rings. The van der Waals surface area contributed by atoms with Crippen LogP contribution in [0.3, 0.4) is 0 Å². The minimum atomic E-state index is -0.286. The Morgan fingerprint density at radius 2 is 2.35 bits per heavy atom. The van der Waals surface area contributed by atoms with Gasteiger partial charge in [-0.3, -0.25) is 9.78 Å². The van der Waals surface area contributed by atoms with E-state index < -0.39 is 0 Å². The second kappa shape index (κ2) is 5.20. The Morgan fingerprint density at radius 1 is 1.53 bits per heavy atom. The molecule has 2 aromatic heterocycles. The molecule has 0 saturated carbocycles. The molecule has 0 aliphatic rings. The van der Waals surface area contributed by atoms with Gasteiger partial charge < -0.3 is 5.32 Å². The Kier molecular flexibility index (Phi) is 3.65. The van der Waals surface area contributed by atoms with Crippen LogP contribution in [-0.4, -0.2) is 21.1 Å². The van der Waals surface area contributed by atoms with E-state index in [0.29, 0.717) is 0 Å². The fourth-order valence-electron chi connectivity index (χ4n) is 1.27. The monoisotopic (exact) mass is 268 g/mol. The third-order valence-electron chi connectivity index (χ3n) is 2.13. The number of nitrogens with zero attached hydrogens (tertiary/aromatic N) is 3. The third kappa shape index (κ3) is 2.98. The Labute approximate surface area is 107 Å². The average Bonchev–Trinajstić information content (AvgIpc) is 2.77. The van der Waals surface area contributed by atoms with Gasteiger partial charge >= 0.3 is 0 Å². The molecular weight excluding hydrogens is 260 g/mol. The number of carbonyl (C=O) groups is 1. The minimum absolute atomic E-state index is 0.140. The van der Waals surface area contributed by atoms with Crippen LogP contribution in [0.4, 0.5) is 0 Å². The molecule has 17 heavy (non-hydrogen) atoms. The van der Waals surface area contributed by atoms with Crippen molar-refractivity contribution in [1.29, 1.82) is 0 Å². The highest BCUT2D eigenvalue weighted by Crippen LogP contribution is 2.16. The molecule has 1 unspecified atom stereocenters. The van der Waals surface area contributed by atoms with Gasteiger partial charge in [0.15, 0.2) is 0 Å². The number of nitrogens with one attached hydrogen (secondary N) is 1. The van der Waals surface area contributed by atoms with E-state index in [1.807, 2.05) is 19.1 Å². The molecule has 88 valence electrons. The molecular formula is C10H9ClN4OS. The van der Waals surface area contributed by atoms with Gasteiger partial charge in [0, 0.05) is 12.4 Å². The van der Waals surface area contributed by atoms with Crippen molar-refractivity contribution in [2.24, 2.45) is 0 Å². The van der Waals surface area contributed by atoms with Gasteiger partial charge in [0.25, 0.3) is 5.91 Å². The van der Waals surface area contributed by atoms with Gasteiger partial charge in [0.2, 0.25) is 9.47 Å². The van der Waals surface area contributed by atoms with Crippen LogP contribution in [-0.2, 0) is 0 Å². The van der Waals surface area contributed by atoms with Crippen LogP contribution in [0.1, 0.15) is 28.3 Å². The van der Waals surface area contributed by atoms with E-state index >= 15 is 0 Å². The normalized spacial score (nSPS) is 12.1. The van der Waals surface area contributed by atoms with Crippen LogP contribution >= 0.6 is 22.9 Å². The topological polar surface area (TPSA) is 67.8 Å². The Balaban J connectivity index is 2.04. The first-order valence-corrected chi connectivity index (χ1v) is 6.06. The van der Waals surface area contributed by atoms with Gasteiger partial charge in [0.05, 0.1) is 6.04 Å². The third-order valence-corrected chi connectivity index (χ3v) is 3.14. The van der Waals surface area contributed by atoms with E-state index in [-0.39, 0.29) is 21.4 Å². The first-order valence-electron chi connectivity index (χ1n) is 4.86. The van der Waals surface area contributed by atoms with Crippen molar-refractivity contribution >= 4 is 28.8 Å². The number of hydrogen-bond acceptors (Lipinski definition) is 5. The highest BCUT2D eigenvalue weighted by atomic mass is 35.5. The van der Waals surface area contributed by atoms with Crippen molar-refractivity contribution in [2.75, 3.05) is 0 Å². The lowest BCUT2D eigenvalue weighted by molar-refractivity contribution is 0.0938. The van der Waals surface area contributed by atoms with E-state index in [0.717, 1.165) is 16.9 Å². The summed E-state index contributed by atoms with van der Waals surface area (Å²) in [4.78, 5) is 15.8. The largest absolute Gasteiger partial charge is 0.343 e. The average molecular weight is 269 g/mol. The molecule has 1 atom stereocenters. The molecule has 1 N–H and O–H groups in total. The molecule has 5 nitrogen and oxygen atoms in total. The van der Waals surface area contributed by atoms with E-state index in [1.54, 1.807) is 12.4 Å². The second-order valence-corrected chi connectivity index (χ2v) is 4.90. The van der Waals surface area contributed by atoms with Crippen molar-refractivity contribution < 1.29 is 4.79 Å². The fraction of sp³-hybridized carbons (Fsp3) is 0.200. The standard InChI is InChI=1S/C10H9ClN4OS/c1-6(7-3-2-4-12-5-7)13-8(16)9-14-15-10(11)17-9/h2-6H,1H3,(H,13,16). The molecule has 0 saturated heterocycles. The summed E-state index contributed by atoms with van der Waals surface area (Å²) < 4.78 is 0.254. The number of halogens is 1. The molecule has 0 aromatic carbocycles. The zero-order chi connectivity index (χ0) is 12.3. The molecule has 0 radical (unpaired) electrons. The SMILES string of the molecule is CC(NC(=O)c1nnc(Cl)s1)c1cccnc1. The number of carbonyl (C=O) groups excluding carboxylic acids is 1. The number of amides is 1. The highest BCUT2D eigenvalue weighted by molar-refractivity contribution is 7.17. The quantitative estimate of drug-likeness (QED) is 0.925. The number of hydrogen-bond donors (Lipinski definition) is 1. The molecule has 2 aromatic rings.